The van der Waals surface area contributed by atoms with E-state index in [1.807, 2.05) is 0 Å². The third-order valence-electron chi connectivity index (χ3n) is 6.21. The summed E-state index contributed by atoms with van der Waals surface area (Å²) < 4.78 is 0. The maximum Gasteiger partial charge on any atom is -0.00230 e. The number of aryl methyl sites for hydroxylation is 1. The summed E-state index contributed by atoms with van der Waals surface area (Å²) in [4.78, 5) is 0. The molecule has 0 amide bonds. The molecular weight excluding hydrogens is 360 g/mol. The Balaban J connectivity index is 2.24. The highest BCUT2D eigenvalue weighted by Crippen LogP contribution is 2.38. The average Bonchev–Trinajstić information content (AvgIpc) is 2.53. The predicted molar refractivity (Wildman–Crippen MR) is 135 cm³/mol. The second-order valence-electron chi connectivity index (χ2n) is 13.3. The zero-order valence-corrected chi connectivity index (χ0v) is 21.7. The molecule has 2 rings (SSSR count). The number of benzene rings is 2. The molecule has 0 saturated carbocycles. The summed E-state index contributed by atoms with van der Waals surface area (Å²) in [7, 11) is 0. The largest absolute Gasteiger partial charge is 0.0601 e. The lowest BCUT2D eigenvalue weighted by molar-refractivity contribution is 0.283. The van der Waals surface area contributed by atoms with Crippen LogP contribution in [0.1, 0.15) is 110 Å². The average molecular weight is 407 g/mol. The molecule has 0 radical (unpaired) electrons. The van der Waals surface area contributed by atoms with Gasteiger partial charge in [-0.2, -0.15) is 0 Å². The first kappa shape index (κ1) is 24.7. The third kappa shape index (κ3) is 7.00. The van der Waals surface area contributed by atoms with E-state index in [2.05, 4.69) is 119 Å². The van der Waals surface area contributed by atoms with Gasteiger partial charge in [0, 0.05) is 0 Å². The first-order valence-corrected chi connectivity index (χ1v) is 11.7. The third-order valence-corrected chi connectivity index (χ3v) is 6.21. The second kappa shape index (κ2) is 8.52. The fourth-order valence-electron chi connectivity index (χ4n) is 5.43. The number of hydrogen-bond donors (Lipinski definition) is 0. The number of rotatable bonds is 6. The molecule has 0 bridgehead atoms. The van der Waals surface area contributed by atoms with Crippen molar-refractivity contribution in [2.45, 2.75) is 106 Å². The summed E-state index contributed by atoms with van der Waals surface area (Å²) in [6.07, 6.45) is 3.37. The molecule has 0 heterocycles. The smallest absolute Gasteiger partial charge is 0.00230 e. The van der Waals surface area contributed by atoms with Crippen LogP contribution in [0.2, 0.25) is 0 Å². The highest BCUT2D eigenvalue weighted by atomic mass is 14.3. The van der Waals surface area contributed by atoms with Crippen molar-refractivity contribution in [1.82, 2.24) is 0 Å². The maximum atomic E-state index is 2.46. The van der Waals surface area contributed by atoms with E-state index in [1.165, 1.54) is 40.7 Å². The Bertz CT molecular complexity index is 833. The standard InChI is InChI=1S/C30H46/c1-22-12-15-26(30(10,11)21-28(5,6)7)19-24(22)18-23-13-16-25(17-14-23)29(8,9)20-27(2,3)4/h12-17,19H,18,20-21H2,1-11H3. The molecule has 0 aliphatic rings. The fourth-order valence-corrected chi connectivity index (χ4v) is 5.43. The summed E-state index contributed by atoms with van der Waals surface area (Å²) in [5.74, 6) is 0. The van der Waals surface area contributed by atoms with E-state index in [1.54, 1.807) is 0 Å². The molecule has 166 valence electrons. The molecule has 0 nitrogen and oxygen atoms in total. The van der Waals surface area contributed by atoms with Gasteiger partial charge in [-0.25, -0.2) is 0 Å². The van der Waals surface area contributed by atoms with Crippen molar-refractivity contribution in [3.63, 3.8) is 0 Å². The van der Waals surface area contributed by atoms with Crippen LogP contribution in [0.4, 0.5) is 0 Å². The van der Waals surface area contributed by atoms with E-state index in [-0.39, 0.29) is 10.8 Å². The molecule has 0 spiro atoms. The Hall–Kier alpha value is -1.56. The van der Waals surface area contributed by atoms with Crippen LogP contribution in [0, 0.1) is 17.8 Å². The monoisotopic (exact) mass is 406 g/mol. The summed E-state index contributed by atoms with van der Waals surface area (Å²) in [5, 5.41) is 0. The molecule has 30 heavy (non-hydrogen) atoms. The Morgan fingerprint density at radius 1 is 0.567 bits per heavy atom. The van der Waals surface area contributed by atoms with Crippen molar-refractivity contribution in [1.29, 1.82) is 0 Å². The molecule has 0 heteroatoms. The normalized spacial score (nSPS) is 13.6. The van der Waals surface area contributed by atoms with Gasteiger partial charge in [0.2, 0.25) is 0 Å². The van der Waals surface area contributed by atoms with E-state index in [4.69, 9.17) is 0 Å². The van der Waals surface area contributed by atoms with E-state index >= 15 is 0 Å². The van der Waals surface area contributed by atoms with Gasteiger partial charge in [0.25, 0.3) is 0 Å². The van der Waals surface area contributed by atoms with Gasteiger partial charge in [-0.3, -0.25) is 0 Å². The van der Waals surface area contributed by atoms with Gasteiger partial charge in [0.05, 0.1) is 0 Å². The summed E-state index contributed by atoms with van der Waals surface area (Å²) >= 11 is 0. The highest BCUT2D eigenvalue weighted by Gasteiger charge is 2.28. The quantitative estimate of drug-likeness (QED) is 0.449. The summed E-state index contributed by atoms with van der Waals surface area (Å²) in [6.45, 7) is 25.8. The minimum atomic E-state index is 0.182. The van der Waals surface area contributed by atoms with Gasteiger partial charge >= 0.3 is 0 Å². The number of hydrogen-bond acceptors (Lipinski definition) is 0. The van der Waals surface area contributed by atoms with Crippen LogP contribution in [0.25, 0.3) is 0 Å². The van der Waals surface area contributed by atoms with E-state index < -0.39 is 0 Å². The van der Waals surface area contributed by atoms with E-state index in [9.17, 15) is 0 Å². The van der Waals surface area contributed by atoms with E-state index in [0.717, 1.165) is 6.42 Å². The Labute approximate surface area is 187 Å². The van der Waals surface area contributed by atoms with Crippen molar-refractivity contribution >= 4 is 0 Å². The molecule has 0 N–H and O–H groups in total. The first-order valence-electron chi connectivity index (χ1n) is 11.7. The van der Waals surface area contributed by atoms with Crippen molar-refractivity contribution in [3.05, 3.63) is 70.3 Å². The van der Waals surface area contributed by atoms with Crippen molar-refractivity contribution in [2.75, 3.05) is 0 Å². The minimum Gasteiger partial charge on any atom is -0.0601 e. The Kier molecular flexibility index (Phi) is 7.02. The van der Waals surface area contributed by atoms with Crippen LogP contribution in [-0.4, -0.2) is 0 Å². The molecule has 0 fully saturated rings. The molecule has 2 aromatic rings. The van der Waals surface area contributed by atoms with Gasteiger partial charge in [-0.1, -0.05) is 112 Å². The topological polar surface area (TPSA) is 0 Å². The van der Waals surface area contributed by atoms with Gasteiger partial charge in [-0.05, 0) is 75.7 Å². The van der Waals surface area contributed by atoms with Gasteiger partial charge in [-0.15, -0.1) is 0 Å². The maximum absolute atomic E-state index is 2.46. The lowest BCUT2D eigenvalue weighted by Gasteiger charge is -2.33. The lowest BCUT2D eigenvalue weighted by Crippen LogP contribution is -2.25. The van der Waals surface area contributed by atoms with Crippen LogP contribution < -0.4 is 0 Å². The van der Waals surface area contributed by atoms with Gasteiger partial charge < -0.3 is 0 Å². The molecule has 0 atom stereocenters. The van der Waals surface area contributed by atoms with Crippen molar-refractivity contribution in [3.8, 4) is 0 Å². The van der Waals surface area contributed by atoms with Crippen LogP contribution in [0.15, 0.2) is 42.5 Å². The SMILES string of the molecule is Cc1ccc(C(C)(C)CC(C)(C)C)cc1Cc1ccc(C(C)(C)CC(C)(C)C)cc1. The first-order chi connectivity index (χ1) is 13.5. The van der Waals surface area contributed by atoms with Crippen molar-refractivity contribution < 1.29 is 0 Å². The summed E-state index contributed by atoms with van der Waals surface area (Å²) in [5.41, 5.74) is 8.19. The van der Waals surface area contributed by atoms with Crippen LogP contribution in [0.3, 0.4) is 0 Å². The zero-order chi connectivity index (χ0) is 23.0. The van der Waals surface area contributed by atoms with Crippen molar-refractivity contribution in [2.24, 2.45) is 10.8 Å². The Morgan fingerprint density at radius 3 is 1.47 bits per heavy atom. The van der Waals surface area contributed by atoms with Gasteiger partial charge in [0.15, 0.2) is 0 Å². The molecule has 0 aliphatic heterocycles. The fraction of sp³-hybridized carbons (Fsp3) is 0.600. The zero-order valence-electron chi connectivity index (χ0n) is 21.7. The second-order valence-corrected chi connectivity index (χ2v) is 13.3. The highest BCUT2D eigenvalue weighted by molar-refractivity contribution is 5.39. The molecule has 0 aromatic heterocycles. The predicted octanol–water partition coefficient (Wildman–Crippen LogP) is 9.01. The van der Waals surface area contributed by atoms with Crippen LogP contribution in [0.5, 0.6) is 0 Å². The lowest BCUT2D eigenvalue weighted by atomic mass is 9.71. The Morgan fingerprint density at radius 2 is 1.00 bits per heavy atom. The summed E-state index contributed by atoms with van der Waals surface area (Å²) in [6, 6.07) is 16.5. The van der Waals surface area contributed by atoms with Gasteiger partial charge in [0.1, 0.15) is 0 Å². The van der Waals surface area contributed by atoms with Crippen LogP contribution >= 0.6 is 0 Å². The molecule has 0 unspecified atom stereocenters. The molecular formula is C30H46. The molecule has 2 aromatic carbocycles. The minimum absolute atomic E-state index is 0.182. The molecule has 0 saturated heterocycles. The van der Waals surface area contributed by atoms with E-state index in [0.29, 0.717) is 10.8 Å². The van der Waals surface area contributed by atoms with Crippen LogP contribution in [-0.2, 0) is 17.3 Å². The molecule has 0 aliphatic carbocycles.